The highest BCUT2D eigenvalue weighted by Gasteiger charge is 2.35. The van der Waals surface area contributed by atoms with E-state index in [4.69, 9.17) is 0 Å². The van der Waals surface area contributed by atoms with Gasteiger partial charge < -0.3 is 9.88 Å². The lowest BCUT2D eigenvalue weighted by atomic mass is 10.0. The number of rotatable bonds is 3. The maximum absolute atomic E-state index is 4.09. The molecule has 4 nitrogen and oxygen atoms in total. The molecule has 0 unspecified atom stereocenters. The third kappa shape index (κ3) is 2.25. The van der Waals surface area contributed by atoms with E-state index < -0.39 is 0 Å². The van der Waals surface area contributed by atoms with Crippen LogP contribution in [-0.2, 0) is 6.54 Å². The molecule has 0 spiro atoms. The first-order valence-electron chi connectivity index (χ1n) is 7.39. The number of hydrogen-bond acceptors (Lipinski definition) is 3. The Morgan fingerprint density at radius 2 is 1.85 bits per heavy atom. The predicted octanol–water partition coefficient (Wildman–Crippen LogP) is 1.52. The van der Waals surface area contributed by atoms with Gasteiger partial charge >= 0.3 is 0 Å². The third-order valence-corrected chi connectivity index (χ3v) is 4.61. The second-order valence-electron chi connectivity index (χ2n) is 6.01. The SMILES string of the molecule is c1cn(-c2ccc(CN3C[C@H]4CNC[C@H]4C3)cc2)cn1. The molecular formula is C16H20N4. The van der Waals surface area contributed by atoms with E-state index in [0.29, 0.717) is 0 Å². The fraction of sp³-hybridized carbons (Fsp3) is 0.438. The maximum atomic E-state index is 4.09. The zero-order valence-electron chi connectivity index (χ0n) is 11.6. The Morgan fingerprint density at radius 3 is 2.50 bits per heavy atom. The number of fused-ring (bicyclic) bond motifs is 1. The number of imidazole rings is 1. The Labute approximate surface area is 119 Å². The highest BCUT2D eigenvalue weighted by atomic mass is 15.2. The average molecular weight is 268 g/mol. The molecule has 2 fully saturated rings. The molecule has 2 aliphatic heterocycles. The van der Waals surface area contributed by atoms with E-state index >= 15 is 0 Å². The fourth-order valence-electron chi connectivity index (χ4n) is 3.53. The molecule has 0 radical (unpaired) electrons. The standard InChI is InChI=1S/C16H20N4/c1-3-16(20-6-5-17-12-20)4-2-13(1)9-19-10-14-7-18-8-15(14)11-19/h1-6,12,14-15,18H,7-11H2/t14-,15+. The van der Waals surface area contributed by atoms with Gasteiger partial charge in [-0.15, -0.1) is 0 Å². The van der Waals surface area contributed by atoms with Crippen molar-refractivity contribution in [2.24, 2.45) is 11.8 Å². The van der Waals surface area contributed by atoms with Crippen LogP contribution in [0.3, 0.4) is 0 Å². The number of aromatic nitrogens is 2. The van der Waals surface area contributed by atoms with E-state index in [0.717, 1.165) is 18.4 Å². The van der Waals surface area contributed by atoms with Crippen LogP contribution >= 0.6 is 0 Å². The van der Waals surface area contributed by atoms with Crippen LogP contribution in [0.15, 0.2) is 43.0 Å². The monoisotopic (exact) mass is 268 g/mol. The van der Waals surface area contributed by atoms with Gasteiger partial charge in [-0.3, -0.25) is 4.90 Å². The second-order valence-corrected chi connectivity index (χ2v) is 6.01. The number of hydrogen-bond donors (Lipinski definition) is 1. The Hall–Kier alpha value is -1.65. The molecule has 0 aliphatic carbocycles. The summed E-state index contributed by atoms with van der Waals surface area (Å²) in [7, 11) is 0. The molecule has 2 aliphatic rings. The topological polar surface area (TPSA) is 33.1 Å². The zero-order chi connectivity index (χ0) is 13.4. The van der Waals surface area contributed by atoms with Gasteiger partial charge in [0.25, 0.3) is 0 Å². The first kappa shape index (κ1) is 12.1. The maximum Gasteiger partial charge on any atom is 0.0991 e. The van der Waals surface area contributed by atoms with Gasteiger partial charge in [-0.25, -0.2) is 4.98 Å². The van der Waals surface area contributed by atoms with Crippen LogP contribution in [0.1, 0.15) is 5.56 Å². The van der Waals surface area contributed by atoms with E-state index in [2.05, 4.69) is 39.5 Å². The lowest BCUT2D eigenvalue weighted by Gasteiger charge is -2.17. The smallest absolute Gasteiger partial charge is 0.0991 e. The van der Waals surface area contributed by atoms with Crippen molar-refractivity contribution in [3.05, 3.63) is 48.5 Å². The quantitative estimate of drug-likeness (QED) is 0.916. The molecule has 1 aromatic carbocycles. The third-order valence-electron chi connectivity index (χ3n) is 4.61. The van der Waals surface area contributed by atoms with Crippen LogP contribution in [0.4, 0.5) is 0 Å². The summed E-state index contributed by atoms with van der Waals surface area (Å²) in [5.41, 5.74) is 2.58. The van der Waals surface area contributed by atoms with Crippen LogP contribution in [0.2, 0.25) is 0 Å². The van der Waals surface area contributed by atoms with Crippen molar-refractivity contribution in [3.8, 4) is 5.69 Å². The van der Waals surface area contributed by atoms with Gasteiger partial charge in [0.2, 0.25) is 0 Å². The van der Waals surface area contributed by atoms with Crippen molar-refractivity contribution in [2.75, 3.05) is 26.2 Å². The Bertz CT molecular complexity index is 549. The van der Waals surface area contributed by atoms with Gasteiger partial charge in [-0.1, -0.05) is 12.1 Å². The number of nitrogens with one attached hydrogen (secondary N) is 1. The highest BCUT2D eigenvalue weighted by molar-refractivity contribution is 5.34. The zero-order valence-corrected chi connectivity index (χ0v) is 11.6. The minimum absolute atomic E-state index is 0.875. The van der Waals surface area contributed by atoms with E-state index in [1.807, 2.05) is 23.3 Å². The second kappa shape index (κ2) is 5.04. The van der Waals surface area contributed by atoms with E-state index in [-0.39, 0.29) is 0 Å². The van der Waals surface area contributed by atoms with Gasteiger partial charge in [0.15, 0.2) is 0 Å². The van der Waals surface area contributed by atoms with Crippen LogP contribution in [0.25, 0.3) is 5.69 Å². The summed E-state index contributed by atoms with van der Waals surface area (Å²) in [4.78, 5) is 6.69. The average Bonchev–Trinajstić information content (AvgIpc) is 3.15. The Kier molecular flexibility index (Phi) is 3.05. The summed E-state index contributed by atoms with van der Waals surface area (Å²) in [6, 6.07) is 8.83. The summed E-state index contributed by atoms with van der Waals surface area (Å²) < 4.78 is 2.04. The molecule has 4 rings (SSSR count). The van der Waals surface area contributed by atoms with Crippen LogP contribution in [0, 0.1) is 11.8 Å². The van der Waals surface area contributed by atoms with Crippen LogP contribution in [-0.4, -0.2) is 40.6 Å². The van der Waals surface area contributed by atoms with Crippen molar-refractivity contribution in [3.63, 3.8) is 0 Å². The van der Waals surface area contributed by atoms with Crippen LogP contribution in [0.5, 0.6) is 0 Å². The molecule has 3 heterocycles. The van der Waals surface area contributed by atoms with E-state index in [1.54, 1.807) is 0 Å². The number of nitrogens with zero attached hydrogens (tertiary/aromatic N) is 3. The molecule has 0 amide bonds. The van der Waals surface area contributed by atoms with Crippen molar-refractivity contribution in [2.45, 2.75) is 6.54 Å². The molecule has 0 bridgehead atoms. The van der Waals surface area contributed by atoms with Gasteiger partial charge in [0.05, 0.1) is 6.33 Å². The van der Waals surface area contributed by atoms with E-state index in [9.17, 15) is 0 Å². The summed E-state index contributed by atoms with van der Waals surface area (Å²) in [5, 5.41) is 3.50. The molecular weight excluding hydrogens is 248 g/mol. The lowest BCUT2D eigenvalue weighted by molar-refractivity contribution is 0.305. The van der Waals surface area contributed by atoms with Crippen molar-refractivity contribution < 1.29 is 0 Å². The van der Waals surface area contributed by atoms with Gasteiger partial charge in [0, 0.05) is 37.7 Å². The van der Waals surface area contributed by atoms with Gasteiger partial charge in [-0.2, -0.15) is 0 Å². The number of benzene rings is 1. The Balaban J connectivity index is 1.42. The summed E-state index contributed by atoms with van der Waals surface area (Å²) in [6.07, 6.45) is 5.62. The van der Waals surface area contributed by atoms with Gasteiger partial charge in [-0.05, 0) is 42.6 Å². The minimum Gasteiger partial charge on any atom is -0.316 e. The minimum atomic E-state index is 0.875. The molecule has 1 N–H and O–H groups in total. The largest absolute Gasteiger partial charge is 0.316 e. The molecule has 1 aromatic heterocycles. The molecule has 4 heteroatoms. The normalized spacial score (nSPS) is 26.0. The molecule has 0 saturated carbocycles. The van der Waals surface area contributed by atoms with Crippen LogP contribution < -0.4 is 5.32 Å². The molecule has 20 heavy (non-hydrogen) atoms. The molecule has 2 atom stereocenters. The first-order chi connectivity index (χ1) is 9.88. The molecule has 104 valence electrons. The molecule has 2 saturated heterocycles. The van der Waals surface area contributed by atoms with Crippen molar-refractivity contribution >= 4 is 0 Å². The van der Waals surface area contributed by atoms with E-state index in [1.165, 1.54) is 37.4 Å². The summed E-state index contributed by atoms with van der Waals surface area (Å²) in [5.74, 6) is 1.75. The highest BCUT2D eigenvalue weighted by Crippen LogP contribution is 2.27. The fourth-order valence-corrected chi connectivity index (χ4v) is 3.53. The molecule has 2 aromatic rings. The number of likely N-dealkylation sites (tertiary alicyclic amines) is 1. The first-order valence-corrected chi connectivity index (χ1v) is 7.39. The predicted molar refractivity (Wildman–Crippen MR) is 78.7 cm³/mol. The Morgan fingerprint density at radius 1 is 1.10 bits per heavy atom. The van der Waals surface area contributed by atoms with Crippen molar-refractivity contribution in [1.82, 2.24) is 19.8 Å². The van der Waals surface area contributed by atoms with Gasteiger partial charge in [0.1, 0.15) is 0 Å². The summed E-state index contributed by atoms with van der Waals surface area (Å²) >= 11 is 0. The lowest BCUT2D eigenvalue weighted by Crippen LogP contribution is -2.25. The van der Waals surface area contributed by atoms with Crippen molar-refractivity contribution in [1.29, 1.82) is 0 Å². The summed E-state index contributed by atoms with van der Waals surface area (Å²) in [6.45, 7) is 6.00.